The summed E-state index contributed by atoms with van der Waals surface area (Å²) in [4.78, 5) is 1.17. The predicted molar refractivity (Wildman–Crippen MR) is 70.1 cm³/mol. The molecule has 90 valence electrons. The average molecular weight is 248 g/mol. The van der Waals surface area contributed by atoms with Gasteiger partial charge in [0.05, 0.1) is 11.3 Å². The van der Waals surface area contributed by atoms with Crippen molar-refractivity contribution in [2.75, 3.05) is 5.73 Å². The molecule has 3 rings (SSSR count). The van der Waals surface area contributed by atoms with E-state index in [9.17, 15) is 0 Å². The highest BCUT2D eigenvalue weighted by Crippen LogP contribution is 2.41. The van der Waals surface area contributed by atoms with Crippen LogP contribution in [-0.2, 0) is 0 Å². The van der Waals surface area contributed by atoms with Crippen molar-refractivity contribution in [3.05, 3.63) is 23.2 Å². The van der Waals surface area contributed by atoms with Crippen molar-refractivity contribution in [3.63, 3.8) is 0 Å². The molecule has 0 spiro atoms. The lowest BCUT2D eigenvalue weighted by Gasteiger charge is -2.19. The summed E-state index contributed by atoms with van der Waals surface area (Å²) in [6.45, 7) is 0. The van der Waals surface area contributed by atoms with E-state index in [1.54, 1.807) is 11.3 Å². The molecule has 0 radical (unpaired) electrons. The van der Waals surface area contributed by atoms with Crippen molar-refractivity contribution < 1.29 is 4.52 Å². The molecule has 1 aliphatic rings. The van der Waals surface area contributed by atoms with Gasteiger partial charge in [-0.2, -0.15) is 0 Å². The zero-order valence-corrected chi connectivity index (χ0v) is 10.5. The van der Waals surface area contributed by atoms with Crippen LogP contribution in [0.15, 0.2) is 22.0 Å². The SMILES string of the molecule is Nc1onc(C2CCCCC2)c1-c1cccs1. The molecule has 2 heterocycles. The van der Waals surface area contributed by atoms with E-state index >= 15 is 0 Å². The van der Waals surface area contributed by atoms with Crippen molar-refractivity contribution >= 4 is 17.2 Å². The Kier molecular flexibility index (Phi) is 2.89. The highest BCUT2D eigenvalue weighted by molar-refractivity contribution is 7.13. The average Bonchev–Trinajstić information content (AvgIpc) is 2.99. The van der Waals surface area contributed by atoms with E-state index in [0.29, 0.717) is 11.8 Å². The van der Waals surface area contributed by atoms with Crippen LogP contribution >= 0.6 is 11.3 Å². The maximum absolute atomic E-state index is 5.92. The first-order chi connectivity index (χ1) is 8.36. The van der Waals surface area contributed by atoms with Gasteiger partial charge in [-0.05, 0) is 24.3 Å². The Labute approximate surface area is 105 Å². The van der Waals surface area contributed by atoms with Gasteiger partial charge in [0.25, 0.3) is 0 Å². The second-order valence-electron chi connectivity index (χ2n) is 4.62. The number of anilines is 1. The molecule has 0 saturated heterocycles. The van der Waals surface area contributed by atoms with Crippen LogP contribution in [0.25, 0.3) is 10.4 Å². The van der Waals surface area contributed by atoms with Gasteiger partial charge in [-0.3, -0.25) is 0 Å². The molecule has 0 aliphatic heterocycles. The second-order valence-corrected chi connectivity index (χ2v) is 5.57. The number of aromatic nitrogens is 1. The highest BCUT2D eigenvalue weighted by atomic mass is 32.1. The van der Waals surface area contributed by atoms with E-state index in [0.717, 1.165) is 11.3 Å². The van der Waals surface area contributed by atoms with E-state index in [1.807, 2.05) is 6.07 Å². The quantitative estimate of drug-likeness (QED) is 0.872. The van der Waals surface area contributed by atoms with Crippen molar-refractivity contribution in [3.8, 4) is 10.4 Å². The number of thiophene rings is 1. The van der Waals surface area contributed by atoms with Gasteiger partial charge >= 0.3 is 0 Å². The molecule has 0 unspecified atom stereocenters. The van der Waals surface area contributed by atoms with Gasteiger partial charge in [0.2, 0.25) is 5.88 Å². The molecule has 2 aromatic rings. The lowest BCUT2D eigenvalue weighted by atomic mass is 9.85. The van der Waals surface area contributed by atoms with Crippen LogP contribution in [0.2, 0.25) is 0 Å². The second kappa shape index (κ2) is 4.53. The highest BCUT2D eigenvalue weighted by Gasteiger charge is 2.25. The molecule has 0 amide bonds. The summed E-state index contributed by atoms with van der Waals surface area (Å²) in [7, 11) is 0. The Bertz CT molecular complexity index is 483. The Morgan fingerprint density at radius 1 is 1.29 bits per heavy atom. The van der Waals surface area contributed by atoms with Crippen LogP contribution in [0.5, 0.6) is 0 Å². The minimum atomic E-state index is 0.466. The third-order valence-corrected chi connectivity index (χ3v) is 4.39. The molecule has 0 bridgehead atoms. The van der Waals surface area contributed by atoms with Crippen LogP contribution in [0.4, 0.5) is 5.88 Å². The number of nitrogen functional groups attached to an aromatic ring is 1. The Morgan fingerprint density at radius 3 is 2.82 bits per heavy atom. The molecule has 2 aromatic heterocycles. The first-order valence-electron chi connectivity index (χ1n) is 6.15. The van der Waals surface area contributed by atoms with Crippen LogP contribution in [0.3, 0.4) is 0 Å². The molecular weight excluding hydrogens is 232 g/mol. The molecule has 1 fully saturated rings. The molecule has 3 nitrogen and oxygen atoms in total. The van der Waals surface area contributed by atoms with E-state index < -0.39 is 0 Å². The van der Waals surface area contributed by atoms with Crippen LogP contribution in [0.1, 0.15) is 43.7 Å². The van der Waals surface area contributed by atoms with Gasteiger partial charge in [-0.15, -0.1) is 11.3 Å². The number of hydrogen-bond acceptors (Lipinski definition) is 4. The van der Waals surface area contributed by atoms with Crippen LogP contribution in [0, 0.1) is 0 Å². The summed E-state index contributed by atoms with van der Waals surface area (Å²) in [6, 6.07) is 4.12. The lowest BCUT2D eigenvalue weighted by molar-refractivity contribution is 0.388. The van der Waals surface area contributed by atoms with E-state index in [1.165, 1.54) is 37.0 Å². The first-order valence-corrected chi connectivity index (χ1v) is 7.03. The van der Waals surface area contributed by atoms with Crippen LogP contribution in [-0.4, -0.2) is 5.16 Å². The lowest BCUT2D eigenvalue weighted by Crippen LogP contribution is -2.06. The fraction of sp³-hybridized carbons (Fsp3) is 0.462. The first kappa shape index (κ1) is 10.8. The zero-order valence-electron chi connectivity index (χ0n) is 9.69. The number of nitrogens with zero attached hydrogens (tertiary/aromatic N) is 1. The third-order valence-electron chi connectivity index (χ3n) is 3.50. The van der Waals surface area contributed by atoms with Gasteiger partial charge in [-0.25, -0.2) is 0 Å². The molecule has 1 saturated carbocycles. The van der Waals surface area contributed by atoms with Crippen molar-refractivity contribution in [2.45, 2.75) is 38.0 Å². The molecule has 2 N–H and O–H groups in total. The number of hydrogen-bond donors (Lipinski definition) is 1. The zero-order chi connectivity index (χ0) is 11.7. The Morgan fingerprint density at radius 2 is 2.12 bits per heavy atom. The van der Waals surface area contributed by atoms with Gasteiger partial charge in [-0.1, -0.05) is 30.5 Å². The standard InChI is InChI=1S/C13H16N2OS/c14-13-11(10-7-4-8-17-10)12(15-16-13)9-5-2-1-3-6-9/h4,7-9H,1-3,5-6,14H2. The van der Waals surface area contributed by atoms with Gasteiger partial charge in [0, 0.05) is 10.8 Å². The minimum Gasteiger partial charge on any atom is -0.367 e. The molecule has 17 heavy (non-hydrogen) atoms. The summed E-state index contributed by atoms with van der Waals surface area (Å²) in [5.74, 6) is 0.995. The molecule has 0 aromatic carbocycles. The molecule has 4 heteroatoms. The van der Waals surface area contributed by atoms with Crippen molar-refractivity contribution in [1.82, 2.24) is 5.16 Å². The fourth-order valence-corrected chi connectivity index (χ4v) is 3.42. The molecule has 1 aliphatic carbocycles. The van der Waals surface area contributed by atoms with Crippen LogP contribution < -0.4 is 5.73 Å². The largest absolute Gasteiger partial charge is 0.367 e. The van der Waals surface area contributed by atoms with E-state index in [-0.39, 0.29) is 0 Å². The topological polar surface area (TPSA) is 52.0 Å². The van der Waals surface area contributed by atoms with E-state index in [2.05, 4.69) is 16.6 Å². The predicted octanol–water partition coefficient (Wildman–Crippen LogP) is 4.03. The summed E-state index contributed by atoms with van der Waals surface area (Å²) in [6.07, 6.45) is 6.36. The van der Waals surface area contributed by atoms with Gasteiger partial charge in [0.1, 0.15) is 0 Å². The molecular formula is C13H16N2OS. The number of nitrogens with two attached hydrogens (primary N) is 1. The van der Waals surface area contributed by atoms with Gasteiger partial charge < -0.3 is 10.3 Å². The van der Waals surface area contributed by atoms with E-state index in [4.69, 9.17) is 10.3 Å². The van der Waals surface area contributed by atoms with Crippen molar-refractivity contribution in [2.24, 2.45) is 0 Å². The summed E-state index contributed by atoms with van der Waals surface area (Å²) in [5.41, 5.74) is 8.02. The summed E-state index contributed by atoms with van der Waals surface area (Å²) >= 11 is 1.69. The fourth-order valence-electron chi connectivity index (χ4n) is 2.64. The maximum Gasteiger partial charge on any atom is 0.231 e. The maximum atomic E-state index is 5.92. The Balaban J connectivity index is 1.99. The third kappa shape index (κ3) is 1.97. The summed E-state index contributed by atoms with van der Waals surface area (Å²) < 4.78 is 5.21. The molecule has 0 atom stereocenters. The monoisotopic (exact) mass is 248 g/mol. The van der Waals surface area contributed by atoms with Crippen molar-refractivity contribution in [1.29, 1.82) is 0 Å². The minimum absolute atomic E-state index is 0.466. The van der Waals surface area contributed by atoms with Gasteiger partial charge in [0.15, 0.2) is 0 Å². The summed E-state index contributed by atoms with van der Waals surface area (Å²) in [5, 5.41) is 6.26. The number of rotatable bonds is 2. The smallest absolute Gasteiger partial charge is 0.231 e. The normalized spacial score (nSPS) is 17.4. The Hall–Kier alpha value is -1.29.